The fourth-order valence-electron chi connectivity index (χ4n) is 7.47. The molecule has 7 heteroatoms. The van der Waals surface area contributed by atoms with Crippen molar-refractivity contribution in [3.63, 3.8) is 0 Å². The average molecular weight is 844 g/mol. The first kappa shape index (κ1) is 32.6. The minimum absolute atomic E-state index is 0. The third-order valence-electron chi connectivity index (χ3n) is 9.73. The van der Waals surface area contributed by atoms with Crippen LogP contribution in [0.25, 0.3) is 50.1 Å². The molecule has 0 radical (unpaired) electrons. The number of rotatable bonds is 5. The Morgan fingerprint density at radius 3 is 2.29 bits per heavy atom. The molecule has 0 unspecified atom stereocenters. The van der Waals surface area contributed by atoms with Crippen LogP contribution in [0, 0.1) is 53.4 Å². The van der Waals surface area contributed by atoms with Crippen LogP contribution in [0.4, 0.5) is 11.4 Å². The SMILES string of the molecule is Cc1cc(C)c(-c2cc(Oc3[c-]c4c(cc3)c3ccccc3n4-c3ccccn3)[c-]c(N3[CH-]n4c(nc(C)c4C)-c4ccccc43)c2)c(C)c1.[Pt]. The molecule has 1 aliphatic heterocycles. The molecule has 0 saturated heterocycles. The number of nitrogens with zero attached hydrogens (tertiary/aromatic N) is 5. The third kappa shape index (κ3) is 5.42. The van der Waals surface area contributed by atoms with Gasteiger partial charge in [0.2, 0.25) is 0 Å². The predicted octanol–water partition coefficient (Wildman–Crippen LogP) is 10.8. The van der Waals surface area contributed by atoms with E-state index in [1.807, 2.05) is 30.5 Å². The maximum Gasteiger partial charge on any atom is 0.135 e. The van der Waals surface area contributed by atoms with Crippen LogP contribution in [0.15, 0.2) is 109 Å². The molecule has 0 saturated carbocycles. The van der Waals surface area contributed by atoms with Crippen molar-refractivity contribution in [1.29, 1.82) is 0 Å². The molecule has 0 bridgehead atoms. The van der Waals surface area contributed by atoms with Crippen LogP contribution in [0.2, 0.25) is 0 Å². The molecule has 0 aliphatic carbocycles. The maximum absolute atomic E-state index is 6.75. The summed E-state index contributed by atoms with van der Waals surface area (Å²) in [7, 11) is 0. The molecule has 0 fully saturated rings. The number of imidazole rings is 1. The summed E-state index contributed by atoms with van der Waals surface area (Å²) in [5.74, 6) is 2.97. The Balaban J connectivity index is 0.00000374. The number of ether oxygens (including phenoxy) is 1. The Morgan fingerprint density at radius 2 is 1.49 bits per heavy atom. The Bertz CT molecular complexity index is 2600. The van der Waals surface area contributed by atoms with E-state index in [4.69, 9.17) is 9.72 Å². The number of fused-ring (bicyclic) bond motifs is 6. The van der Waals surface area contributed by atoms with E-state index in [9.17, 15) is 0 Å². The van der Waals surface area contributed by atoms with Gasteiger partial charge in [-0.25, -0.2) is 4.98 Å². The molecular weight excluding hydrogens is 810 g/mol. The van der Waals surface area contributed by atoms with Crippen molar-refractivity contribution < 1.29 is 25.8 Å². The number of para-hydroxylation sites is 2. The van der Waals surface area contributed by atoms with Crippen molar-refractivity contribution in [2.45, 2.75) is 34.6 Å². The first-order valence-electron chi connectivity index (χ1n) is 16.8. The maximum atomic E-state index is 6.75. The standard InChI is InChI=1S/C44H34N5O.Pt/c1-27-20-28(2)43(29(3)21-27)32-22-33(48-26-47-31(5)30(4)46-44(47)38-13-7-8-14-39(38)48)24-35(23-32)50-34-17-18-37-36-12-6-9-15-40(36)49(41(37)25-34)42-16-10-11-19-45-42;/h6-23,26H,1-5H3;/q-3;. The van der Waals surface area contributed by atoms with Crippen molar-refractivity contribution >= 4 is 33.2 Å². The smallest absolute Gasteiger partial charge is 0.135 e. The number of hydrogen-bond donors (Lipinski definition) is 0. The van der Waals surface area contributed by atoms with E-state index in [-0.39, 0.29) is 21.1 Å². The first-order valence-corrected chi connectivity index (χ1v) is 16.8. The number of aromatic nitrogens is 4. The molecule has 0 N–H and O–H groups in total. The Morgan fingerprint density at radius 1 is 0.725 bits per heavy atom. The monoisotopic (exact) mass is 843 g/mol. The molecule has 3 aromatic heterocycles. The molecule has 0 amide bonds. The van der Waals surface area contributed by atoms with Crippen LogP contribution in [0.5, 0.6) is 11.5 Å². The minimum Gasteiger partial charge on any atom is -0.509 e. The summed E-state index contributed by atoms with van der Waals surface area (Å²) in [6.45, 7) is 12.8. The molecule has 9 rings (SSSR count). The molecule has 0 atom stereocenters. The summed E-state index contributed by atoms with van der Waals surface area (Å²) >= 11 is 0. The van der Waals surface area contributed by atoms with E-state index in [0.29, 0.717) is 11.5 Å². The van der Waals surface area contributed by atoms with Crippen molar-refractivity contribution in [2.75, 3.05) is 4.90 Å². The van der Waals surface area contributed by atoms with Crippen LogP contribution in [0.1, 0.15) is 28.1 Å². The number of anilines is 2. The normalized spacial score (nSPS) is 12.0. The van der Waals surface area contributed by atoms with Gasteiger partial charge in [-0.2, -0.15) is 6.07 Å². The van der Waals surface area contributed by atoms with E-state index in [1.54, 1.807) is 0 Å². The number of hydrogen-bond acceptors (Lipinski definition) is 4. The van der Waals surface area contributed by atoms with Crippen LogP contribution in [-0.2, 0) is 21.1 Å². The van der Waals surface area contributed by atoms with Crippen molar-refractivity contribution in [3.05, 3.63) is 156 Å². The van der Waals surface area contributed by atoms with E-state index in [2.05, 4.69) is 151 Å². The zero-order valence-corrected chi connectivity index (χ0v) is 31.2. The van der Waals surface area contributed by atoms with Crippen molar-refractivity contribution in [2.24, 2.45) is 0 Å². The second-order valence-electron chi connectivity index (χ2n) is 13.1. The van der Waals surface area contributed by atoms with E-state index in [0.717, 1.165) is 67.3 Å². The summed E-state index contributed by atoms with van der Waals surface area (Å²) in [5, 5.41) is 2.23. The van der Waals surface area contributed by atoms with Gasteiger partial charge in [0.15, 0.2) is 0 Å². The Kier molecular flexibility index (Phi) is 8.08. The van der Waals surface area contributed by atoms with Crippen molar-refractivity contribution in [3.8, 4) is 39.8 Å². The van der Waals surface area contributed by atoms with Gasteiger partial charge in [0, 0.05) is 55.8 Å². The molecule has 254 valence electrons. The molecule has 5 aromatic carbocycles. The fourth-order valence-corrected chi connectivity index (χ4v) is 7.47. The van der Waals surface area contributed by atoms with Gasteiger partial charge in [-0.1, -0.05) is 84.0 Å². The van der Waals surface area contributed by atoms with Gasteiger partial charge in [0.25, 0.3) is 0 Å². The fraction of sp³-hybridized carbons (Fsp3) is 0.114. The van der Waals surface area contributed by atoms with Crippen LogP contribution in [0.3, 0.4) is 0 Å². The summed E-state index contributed by atoms with van der Waals surface area (Å²) < 4.78 is 11.1. The topological polar surface area (TPSA) is 48.1 Å². The van der Waals surface area contributed by atoms with Gasteiger partial charge in [-0.15, -0.1) is 41.3 Å². The summed E-state index contributed by atoms with van der Waals surface area (Å²) in [5.41, 5.74) is 13.0. The molecular formula is C44H34N5OPt-3. The van der Waals surface area contributed by atoms with Gasteiger partial charge >= 0.3 is 0 Å². The number of benzene rings is 5. The third-order valence-corrected chi connectivity index (χ3v) is 9.73. The average Bonchev–Trinajstić information content (AvgIpc) is 3.60. The minimum atomic E-state index is 0. The van der Waals surface area contributed by atoms with Gasteiger partial charge in [-0.05, 0) is 92.0 Å². The Labute approximate surface area is 312 Å². The molecule has 8 aromatic rings. The predicted molar refractivity (Wildman–Crippen MR) is 201 cm³/mol. The summed E-state index contributed by atoms with van der Waals surface area (Å²) in [6, 6.07) is 42.9. The molecule has 4 heterocycles. The summed E-state index contributed by atoms with van der Waals surface area (Å²) in [4.78, 5) is 11.8. The Hall–Kier alpha value is -5.58. The zero-order valence-electron chi connectivity index (χ0n) is 28.9. The molecule has 1 aliphatic rings. The van der Waals surface area contributed by atoms with Gasteiger partial charge in [0.05, 0.1) is 0 Å². The van der Waals surface area contributed by atoms with Crippen LogP contribution in [-0.4, -0.2) is 19.1 Å². The van der Waals surface area contributed by atoms with Crippen LogP contribution >= 0.6 is 0 Å². The quantitative estimate of drug-likeness (QED) is 0.162. The number of aryl methyl sites for hydroxylation is 4. The van der Waals surface area contributed by atoms with Gasteiger partial charge in [-0.3, -0.25) is 0 Å². The van der Waals surface area contributed by atoms with E-state index in [1.165, 1.54) is 22.3 Å². The summed E-state index contributed by atoms with van der Waals surface area (Å²) in [6.07, 6.45) is 1.82. The molecule has 6 nitrogen and oxygen atoms in total. The number of pyridine rings is 1. The second-order valence-corrected chi connectivity index (χ2v) is 13.1. The van der Waals surface area contributed by atoms with Gasteiger partial charge < -0.3 is 23.8 Å². The van der Waals surface area contributed by atoms with E-state index < -0.39 is 0 Å². The largest absolute Gasteiger partial charge is 0.509 e. The second kappa shape index (κ2) is 12.6. The first-order chi connectivity index (χ1) is 24.3. The van der Waals surface area contributed by atoms with E-state index >= 15 is 0 Å². The van der Waals surface area contributed by atoms with Crippen LogP contribution < -0.4 is 9.64 Å². The molecule has 0 spiro atoms. The van der Waals surface area contributed by atoms with Crippen molar-refractivity contribution in [1.82, 2.24) is 19.1 Å². The van der Waals surface area contributed by atoms with Gasteiger partial charge in [0.1, 0.15) is 5.82 Å². The zero-order chi connectivity index (χ0) is 34.1. The molecule has 51 heavy (non-hydrogen) atoms.